The van der Waals surface area contributed by atoms with Crippen LogP contribution < -0.4 is 32.3 Å². The van der Waals surface area contributed by atoms with Crippen molar-refractivity contribution >= 4 is 29.5 Å². The second-order valence-corrected chi connectivity index (χ2v) is 8.67. The topological polar surface area (TPSA) is 221 Å². The third-order valence-electron chi connectivity index (χ3n) is 5.60. The SMILES string of the molecule is C=C(C)[C@H](NC(=O)[C@H](CCC(=O)NC[C@@H]1O[C@H](CC(N)=O)C[C@H]1O)NC)C(=O)N[C@@H](C)C(=O)NCO.[Pa]. The molecule has 9 N–H and O–H groups in total. The van der Waals surface area contributed by atoms with Gasteiger partial charge in [-0.1, -0.05) is 6.58 Å². The minimum Gasteiger partial charge on any atom is -0.390 e. The van der Waals surface area contributed by atoms with Crippen LogP contribution in [0.25, 0.3) is 0 Å². The molecule has 1 rings (SSSR count). The number of ether oxygens (including phenoxy) is 1. The summed E-state index contributed by atoms with van der Waals surface area (Å²) >= 11 is 0. The fraction of sp³-hybridized carbons (Fsp3) is 0.682. The molecule has 1 aliphatic heterocycles. The molecule has 37 heavy (non-hydrogen) atoms. The van der Waals surface area contributed by atoms with Crippen LogP contribution in [0.15, 0.2) is 12.2 Å². The minimum atomic E-state index is -1.12. The van der Waals surface area contributed by atoms with Crippen molar-refractivity contribution in [3.8, 4) is 0 Å². The van der Waals surface area contributed by atoms with Crippen molar-refractivity contribution in [3.63, 3.8) is 0 Å². The van der Waals surface area contributed by atoms with Gasteiger partial charge < -0.3 is 47.3 Å². The summed E-state index contributed by atoms with van der Waals surface area (Å²) in [5.74, 6) is -2.73. The van der Waals surface area contributed by atoms with E-state index in [1.54, 1.807) is 6.92 Å². The quantitative estimate of drug-likeness (QED) is 0.0615. The van der Waals surface area contributed by atoms with Gasteiger partial charge in [0.25, 0.3) is 0 Å². The second kappa shape index (κ2) is 17.5. The van der Waals surface area contributed by atoms with E-state index < -0.39 is 66.8 Å². The summed E-state index contributed by atoms with van der Waals surface area (Å²) < 4.78 is 5.54. The molecule has 6 atom stereocenters. The minimum absolute atomic E-state index is 0. The molecule has 1 heterocycles. The molecule has 0 bridgehead atoms. The zero-order chi connectivity index (χ0) is 27.4. The first-order valence-corrected chi connectivity index (χ1v) is 11.6. The fourth-order valence-corrected chi connectivity index (χ4v) is 3.59. The van der Waals surface area contributed by atoms with Gasteiger partial charge in [0.05, 0.1) is 24.7 Å². The molecule has 1 aliphatic rings. The van der Waals surface area contributed by atoms with Crippen LogP contribution in [-0.4, -0.2) is 96.5 Å². The summed E-state index contributed by atoms with van der Waals surface area (Å²) in [5.41, 5.74) is 5.46. The summed E-state index contributed by atoms with van der Waals surface area (Å²) in [6.07, 6.45) is -1.71. The maximum Gasteiger partial charge on any atom is 0.247 e. The van der Waals surface area contributed by atoms with Crippen molar-refractivity contribution in [1.29, 1.82) is 0 Å². The Morgan fingerprint density at radius 2 is 1.76 bits per heavy atom. The number of carbonyl (C=O) groups excluding carboxylic acids is 5. The van der Waals surface area contributed by atoms with Crippen molar-refractivity contribution in [2.24, 2.45) is 5.73 Å². The first-order valence-electron chi connectivity index (χ1n) is 11.6. The second-order valence-electron chi connectivity index (χ2n) is 8.67. The van der Waals surface area contributed by atoms with Gasteiger partial charge in [-0.2, -0.15) is 0 Å². The van der Waals surface area contributed by atoms with Crippen LogP contribution in [0, 0.1) is 32.3 Å². The van der Waals surface area contributed by atoms with Gasteiger partial charge in [0.1, 0.15) is 24.9 Å². The summed E-state index contributed by atoms with van der Waals surface area (Å²) in [6, 6.07) is -2.89. The monoisotopic (exact) mass is 745 g/mol. The maximum absolute atomic E-state index is 12.7. The standard InChI is InChI=1S/C22H38N6O8.Pa/c1-11(2)19(22(35)27-12(3)20(33)26-10-29)28-21(34)14(24-4)5-6-18(32)25-9-16-15(30)7-13(36-16)8-17(23)31;/h12-16,19,24,29-30H,1,5-10H2,2-4H3,(H2,23,31)(H,25,32)(H,26,33)(H,27,35)(H,28,34);/t12-,13-,14-,15+,16-,19-;/m0./s1. The van der Waals surface area contributed by atoms with Gasteiger partial charge in [-0.15, -0.1) is 0 Å². The number of likely N-dealkylation sites (N-methyl/N-ethyl adjacent to an activating group) is 1. The van der Waals surface area contributed by atoms with Crippen LogP contribution in [0.2, 0.25) is 0 Å². The molecule has 0 unspecified atom stereocenters. The Hall–Kier alpha value is -1.98. The third kappa shape index (κ3) is 12.4. The molecule has 0 aromatic rings. The predicted octanol–water partition coefficient (Wildman–Crippen LogP) is -3.50. The van der Waals surface area contributed by atoms with Gasteiger partial charge in [-0.25, -0.2) is 0 Å². The van der Waals surface area contributed by atoms with Crippen LogP contribution in [0.4, 0.5) is 0 Å². The van der Waals surface area contributed by atoms with Crippen LogP contribution in [-0.2, 0) is 28.7 Å². The van der Waals surface area contributed by atoms with Gasteiger partial charge in [-0.3, -0.25) is 24.0 Å². The van der Waals surface area contributed by atoms with Gasteiger partial charge >= 0.3 is 0 Å². The van der Waals surface area contributed by atoms with E-state index in [9.17, 15) is 29.1 Å². The number of aliphatic hydroxyl groups is 2. The largest absolute Gasteiger partial charge is 0.390 e. The fourth-order valence-electron chi connectivity index (χ4n) is 3.59. The molecule has 1 radical (unpaired) electrons. The Morgan fingerprint density at radius 1 is 1.11 bits per heavy atom. The van der Waals surface area contributed by atoms with E-state index in [1.165, 1.54) is 14.0 Å². The number of hydrogen-bond donors (Lipinski definition) is 8. The molecule has 0 aliphatic carbocycles. The first kappa shape index (κ1) is 35.0. The Bertz CT molecular complexity index is 829. The molecule has 14 nitrogen and oxygen atoms in total. The molecular weight excluding hydrogens is 707 g/mol. The summed E-state index contributed by atoms with van der Waals surface area (Å²) in [6.45, 7) is 6.12. The van der Waals surface area contributed by atoms with E-state index in [2.05, 4.69) is 33.2 Å². The first-order chi connectivity index (χ1) is 16.9. The van der Waals surface area contributed by atoms with Gasteiger partial charge in [0.15, 0.2) is 0 Å². The summed E-state index contributed by atoms with van der Waals surface area (Å²) in [7, 11) is 1.53. The van der Waals surface area contributed by atoms with Crippen LogP contribution in [0.5, 0.6) is 0 Å². The molecule has 207 valence electrons. The number of primary amides is 1. The molecule has 1 fully saturated rings. The molecule has 0 spiro atoms. The Balaban J connectivity index is 0.0000130. The van der Waals surface area contributed by atoms with E-state index in [-0.39, 0.29) is 70.4 Å². The Labute approximate surface area is 240 Å². The number of nitrogens with one attached hydrogen (secondary N) is 5. The van der Waals surface area contributed by atoms with Crippen molar-refractivity contribution in [2.45, 2.75) is 76.0 Å². The zero-order valence-electron chi connectivity index (χ0n) is 21.4. The molecule has 0 saturated carbocycles. The number of nitrogens with two attached hydrogens (primary N) is 1. The molecule has 1 saturated heterocycles. The predicted molar refractivity (Wildman–Crippen MR) is 128 cm³/mol. The van der Waals surface area contributed by atoms with Crippen LogP contribution in [0.3, 0.4) is 0 Å². The summed E-state index contributed by atoms with van der Waals surface area (Å²) in [5, 5.41) is 31.4. The van der Waals surface area contributed by atoms with Crippen molar-refractivity contribution in [1.82, 2.24) is 26.6 Å². The molecule has 0 aromatic carbocycles. The summed E-state index contributed by atoms with van der Waals surface area (Å²) in [4.78, 5) is 60.3. The number of rotatable bonds is 15. The average molecular weight is 746 g/mol. The van der Waals surface area contributed by atoms with E-state index in [0.717, 1.165) is 0 Å². The number of hydrogen-bond acceptors (Lipinski definition) is 9. The van der Waals surface area contributed by atoms with Gasteiger partial charge in [-0.05, 0) is 32.9 Å². The Kier molecular flexibility index (Phi) is 16.6. The molecule has 0 aromatic heterocycles. The third-order valence-corrected chi connectivity index (χ3v) is 5.60. The van der Waals surface area contributed by atoms with E-state index in [1.807, 2.05) is 0 Å². The van der Waals surface area contributed by atoms with Crippen molar-refractivity contribution in [2.75, 3.05) is 20.3 Å². The number of aliphatic hydroxyl groups excluding tert-OH is 2. The van der Waals surface area contributed by atoms with Crippen LogP contribution in [0.1, 0.15) is 39.5 Å². The average Bonchev–Trinajstić information content (AvgIpc) is 3.14. The van der Waals surface area contributed by atoms with Crippen molar-refractivity contribution in [3.05, 3.63) is 12.2 Å². The van der Waals surface area contributed by atoms with Gasteiger partial charge in [0, 0.05) is 51.7 Å². The molecule has 5 amide bonds. The normalized spacial score (nSPS) is 20.9. The van der Waals surface area contributed by atoms with E-state index >= 15 is 0 Å². The van der Waals surface area contributed by atoms with E-state index in [0.29, 0.717) is 5.57 Å². The van der Waals surface area contributed by atoms with Crippen LogP contribution >= 0.6 is 0 Å². The molecular formula is C22H38N6O8Pa. The van der Waals surface area contributed by atoms with Gasteiger partial charge in [0.2, 0.25) is 29.5 Å². The Morgan fingerprint density at radius 3 is 2.30 bits per heavy atom. The molecule has 15 heteroatoms. The number of carbonyl (C=O) groups is 5. The maximum atomic E-state index is 12.7. The van der Waals surface area contributed by atoms with Crippen molar-refractivity contribution < 1.29 is 71.2 Å². The number of amides is 5. The zero-order valence-corrected chi connectivity index (χ0v) is 26.2. The van der Waals surface area contributed by atoms with E-state index in [4.69, 9.17) is 15.6 Å². The smallest absolute Gasteiger partial charge is 0.247 e.